The van der Waals surface area contributed by atoms with Gasteiger partial charge in [0, 0.05) is 11.4 Å². The Morgan fingerprint density at radius 3 is 1.27 bits per heavy atom. The number of carboxylic acid groups (broad SMARTS) is 2. The molecule has 0 aliphatic heterocycles. The lowest BCUT2D eigenvalue weighted by atomic mass is 10.1. The van der Waals surface area contributed by atoms with Gasteiger partial charge in [0.05, 0.1) is 0 Å². The first kappa shape index (κ1) is 15.1. The molecule has 0 saturated heterocycles. The van der Waals surface area contributed by atoms with E-state index in [1.54, 1.807) is 48.5 Å². The zero-order valence-corrected chi connectivity index (χ0v) is 11.5. The van der Waals surface area contributed by atoms with Crippen LogP contribution in [-0.2, 0) is 0 Å². The molecule has 0 heterocycles. The summed E-state index contributed by atoms with van der Waals surface area (Å²) in [6.07, 6.45) is 1.56. The van der Waals surface area contributed by atoms with Crippen LogP contribution in [-0.4, -0.2) is 22.4 Å². The lowest BCUT2D eigenvalue weighted by Crippen LogP contribution is -2.06. The fourth-order valence-electron chi connectivity index (χ4n) is 1.79. The molecule has 2 aromatic carbocycles. The highest BCUT2D eigenvalue weighted by Gasteiger charge is 1.98. The molecule has 2 amide bonds. The molecule has 0 aromatic heterocycles. The van der Waals surface area contributed by atoms with Gasteiger partial charge in [0.25, 0.3) is 0 Å². The van der Waals surface area contributed by atoms with Gasteiger partial charge in [-0.3, -0.25) is 10.6 Å². The van der Waals surface area contributed by atoms with Crippen molar-refractivity contribution >= 4 is 35.7 Å². The van der Waals surface area contributed by atoms with Crippen LogP contribution in [0.15, 0.2) is 48.5 Å². The van der Waals surface area contributed by atoms with Gasteiger partial charge < -0.3 is 10.2 Å². The van der Waals surface area contributed by atoms with Crippen LogP contribution in [0.25, 0.3) is 12.2 Å². The van der Waals surface area contributed by atoms with Gasteiger partial charge >= 0.3 is 12.2 Å². The second-order valence-corrected chi connectivity index (χ2v) is 4.44. The fraction of sp³-hybridized carbons (Fsp3) is 0. The third-order valence-electron chi connectivity index (χ3n) is 2.79. The van der Waals surface area contributed by atoms with E-state index >= 15 is 0 Å². The number of amides is 2. The van der Waals surface area contributed by atoms with Crippen LogP contribution in [0.1, 0.15) is 11.1 Å². The van der Waals surface area contributed by atoms with Gasteiger partial charge in [0.2, 0.25) is 0 Å². The molecular weight excluding hydrogens is 284 g/mol. The smallest absolute Gasteiger partial charge is 0.409 e. The monoisotopic (exact) mass is 298 g/mol. The summed E-state index contributed by atoms with van der Waals surface area (Å²) < 4.78 is 0. The second kappa shape index (κ2) is 6.94. The van der Waals surface area contributed by atoms with Crippen molar-refractivity contribution in [2.75, 3.05) is 10.6 Å². The molecule has 22 heavy (non-hydrogen) atoms. The number of carbonyl (C=O) groups is 2. The van der Waals surface area contributed by atoms with Gasteiger partial charge in [0.15, 0.2) is 0 Å². The van der Waals surface area contributed by atoms with Gasteiger partial charge in [-0.05, 0) is 35.4 Å². The van der Waals surface area contributed by atoms with Crippen molar-refractivity contribution < 1.29 is 19.8 Å². The SMILES string of the molecule is O=C(O)Nc1ccc(C=Cc2ccc(NC(=O)O)cc2)cc1. The van der Waals surface area contributed by atoms with E-state index < -0.39 is 12.2 Å². The molecule has 6 heteroatoms. The molecule has 0 aliphatic rings. The molecule has 112 valence electrons. The number of benzene rings is 2. The minimum absolute atomic E-state index is 0.508. The summed E-state index contributed by atoms with van der Waals surface area (Å²) in [6.45, 7) is 0. The lowest BCUT2D eigenvalue weighted by Gasteiger charge is -2.02. The van der Waals surface area contributed by atoms with Crippen LogP contribution in [0.2, 0.25) is 0 Å². The van der Waals surface area contributed by atoms with E-state index in [0.717, 1.165) is 11.1 Å². The summed E-state index contributed by atoms with van der Waals surface area (Å²) in [7, 11) is 0. The number of hydrogen-bond donors (Lipinski definition) is 4. The Bertz CT molecular complexity index is 630. The quantitative estimate of drug-likeness (QED) is 0.640. The van der Waals surface area contributed by atoms with E-state index in [9.17, 15) is 9.59 Å². The van der Waals surface area contributed by atoms with E-state index in [1.165, 1.54) is 0 Å². The van der Waals surface area contributed by atoms with Gasteiger partial charge in [-0.15, -0.1) is 0 Å². The van der Waals surface area contributed by atoms with Crippen molar-refractivity contribution in [3.63, 3.8) is 0 Å². The number of anilines is 2. The second-order valence-electron chi connectivity index (χ2n) is 4.44. The first-order valence-electron chi connectivity index (χ1n) is 6.41. The minimum atomic E-state index is -1.10. The minimum Gasteiger partial charge on any atom is -0.465 e. The van der Waals surface area contributed by atoms with Gasteiger partial charge in [-0.1, -0.05) is 36.4 Å². The van der Waals surface area contributed by atoms with Crippen LogP contribution in [0.5, 0.6) is 0 Å². The maximum absolute atomic E-state index is 10.5. The predicted molar refractivity (Wildman–Crippen MR) is 85.1 cm³/mol. The maximum atomic E-state index is 10.5. The zero-order valence-electron chi connectivity index (χ0n) is 11.5. The Hall–Kier alpha value is -3.28. The Balaban J connectivity index is 2.01. The Morgan fingerprint density at radius 1 is 0.682 bits per heavy atom. The summed E-state index contributed by atoms with van der Waals surface area (Å²) in [5.41, 5.74) is 2.86. The molecule has 0 spiro atoms. The maximum Gasteiger partial charge on any atom is 0.409 e. The highest BCUT2D eigenvalue weighted by atomic mass is 16.4. The Morgan fingerprint density at radius 2 is 1.00 bits per heavy atom. The Kier molecular flexibility index (Phi) is 4.77. The van der Waals surface area contributed by atoms with Crippen LogP contribution in [0.4, 0.5) is 21.0 Å². The molecule has 4 N–H and O–H groups in total. The van der Waals surface area contributed by atoms with E-state index in [2.05, 4.69) is 10.6 Å². The molecule has 2 rings (SSSR count). The molecule has 0 fully saturated rings. The highest BCUT2D eigenvalue weighted by molar-refractivity contribution is 5.84. The number of hydrogen-bond acceptors (Lipinski definition) is 2. The zero-order chi connectivity index (χ0) is 15.9. The summed E-state index contributed by atoms with van der Waals surface area (Å²) in [4.78, 5) is 21.0. The number of rotatable bonds is 4. The van der Waals surface area contributed by atoms with Gasteiger partial charge in [0.1, 0.15) is 0 Å². The highest BCUT2D eigenvalue weighted by Crippen LogP contribution is 2.14. The summed E-state index contributed by atoms with van der Waals surface area (Å²) in [5, 5.41) is 21.7. The molecule has 0 aliphatic carbocycles. The van der Waals surface area contributed by atoms with E-state index in [-0.39, 0.29) is 0 Å². The third-order valence-corrected chi connectivity index (χ3v) is 2.79. The molecule has 0 saturated carbocycles. The van der Waals surface area contributed by atoms with Crippen molar-refractivity contribution in [1.29, 1.82) is 0 Å². The molecule has 0 unspecified atom stereocenters. The molecule has 0 radical (unpaired) electrons. The predicted octanol–water partition coefficient (Wildman–Crippen LogP) is 4.04. The van der Waals surface area contributed by atoms with Crippen molar-refractivity contribution in [2.24, 2.45) is 0 Å². The van der Waals surface area contributed by atoms with Crippen LogP contribution in [0, 0.1) is 0 Å². The van der Waals surface area contributed by atoms with Crippen molar-refractivity contribution in [2.45, 2.75) is 0 Å². The van der Waals surface area contributed by atoms with Crippen molar-refractivity contribution in [3.05, 3.63) is 59.7 Å². The lowest BCUT2D eigenvalue weighted by molar-refractivity contribution is 0.208. The largest absolute Gasteiger partial charge is 0.465 e. The Labute approximate surface area is 126 Å². The molecule has 6 nitrogen and oxygen atoms in total. The number of nitrogens with one attached hydrogen (secondary N) is 2. The average molecular weight is 298 g/mol. The molecular formula is C16H14N2O4. The standard InChI is InChI=1S/C16H14N2O4/c19-15(20)17-13-7-3-11(4-8-13)1-2-12-5-9-14(10-6-12)18-16(21)22/h1-10,17-18H,(H,19,20)(H,21,22). The van der Waals surface area contributed by atoms with Crippen LogP contribution >= 0.6 is 0 Å². The first-order chi connectivity index (χ1) is 10.5. The molecule has 0 bridgehead atoms. The third kappa shape index (κ3) is 4.68. The van der Waals surface area contributed by atoms with Gasteiger partial charge in [-0.25, -0.2) is 9.59 Å². The molecule has 2 aromatic rings. The van der Waals surface area contributed by atoms with E-state index in [0.29, 0.717) is 11.4 Å². The topological polar surface area (TPSA) is 98.7 Å². The van der Waals surface area contributed by atoms with Crippen molar-refractivity contribution in [3.8, 4) is 0 Å². The van der Waals surface area contributed by atoms with Crippen molar-refractivity contribution in [1.82, 2.24) is 0 Å². The molecule has 0 atom stereocenters. The van der Waals surface area contributed by atoms with Crippen LogP contribution < -0.4 is 10.6 Å². The fourth-order valence-corrected chi connectivity index (χ4v) is 1.79. The van der Waals surface area contributed by atoms with Gasteiger partial charge in [-0.2, -0.15) is 0 Å². The van der Waals surface area contributed by atoms with Crippen LogP contribution in [0.3, 0.4) is 0 Å². The summed E-state index contributed by atoms with van der Waals surface area (Å²) in [5.74, 6) is 0. The average Bonchev–Trinajstić information content (AvgIpc) is 2.47. The van der Waals surface area contributed by atoms with E-state index in [1.807, 2.05) is 12.2 Å². The summed E-state index contributed by atoms with van der Waals surface area (Å²) in [6, 6.07) is 13.9. The first-order valence-corrected chi connectivity index (χ1v) is 6.41. The normalized spacial score (nSPS) is 10.4. The van der Waals surface area contributed by atoms with E-state index in [4.69, 9.17) is 10.2 Å². The summed E-state index contributed by atoms with van der Waals surface area (Å²) >= 11 is 0.